The zero-order valence-corrected chi connectivity index (χ0v) is 6.39. The number of halogens is 2. The van der Waals surface area contributed by atoms with Gasteiger partial charge in [0, 0.05) is 0 Å². The number of hydrogen-bond acceptors (Lipinski definition) is 2. The third kappa shape index (κ3) is 2.41. The quantitative estimate of drug-likeness (QED) is 0.383. The third-order valence-corrected chi connectivity index (χ3v) is 1.34. The van der Waals surface area contributed by atoms with Crippen molar-refractivity contribution in [2.75, 3.05) is 12.0 Å². The molecule has 1 amide bonds. The smallest absolute Gasteiger partial charge is 0.394 e. The van der Waals surface area contributed by atoms with Crippen LogP contribution in [0.4, 0.5) is 0 Å². The molecular formula is C4H5Cl2NO3. The van der Waals surface area contributed by atoms with Crippen molar-refractivity contribution >= 4 is 35.1 Å². The van der Waals surface area contributed by atoms with Crippen LogP contribution in [-0.4, -0.2) is 33.9 Å². The van der Waals surface area contributed by atoms with Gasteiger partial charge in [-0.1, -0.05) is 0 Å². The molecule has 0 radical (unpaired) electrons. The van der Waals surface area contributed by atoms with Crippen LogP contribution in [0.15, 0.2) is 0 Å². The molecule has 0 fully saturated rings. The molecule has 4 nitrogen and oxygen atoms in total. The first kappa shape index (κ1) is 9.52. The third-order valence-electron chi connectivity index (χ3n) is 0.759. The maximum absolute atomic E-state index is 10.5. The highest BCUT2D eigenvalue weighted by atomic mass is 35.5. The molecule has 0 heterocycles. The normalized spacial score (nSPS) is 9.00. The maximum Gasteiger partial charge on any atom is 0.394 e. The fraction of sp³-hybridized carbons (Fsp3) is 0.500. The predicted molar refractivity (Wildman–Crippen MR) is 35.9 cm³/mol. The van der Waals surface area contributed by atoms with E-state index in [1.807, 2.05) is 0 Å². The lowest BCUT2D eigenvalue weighted by Gasteiger charge is -2.11. The van der Waals surface area contributed by atoms with Crippen molar-refractivity contribution in [3.05, 3.63) is 0 Å². The molecule has 0 aromatic carbocycles. The number of carboxylic acid groups (broad SMARTS) is 1. The summed E-state index contributed by atoms with van der Waals surface area (Å²) in [5.41, 5.74) is 0. The Morgan fingerprint density at radius 2 is 1.70 bits per heavy atom. The van der Waals surface area contributed by atoms with E-state index in [0.717, 1.165) is 4.90 Å². The summed E-state index contributed by atoms with van der Waals surface area (Å²) in [5, 5.41) is 8.11. The average Bonchev–Trinajstić information content (AvgIpc) is 1.90. The first-order valence-corrected chi connectivity index (χ1v) is 3.34. The Kier molecular flexibility index (Phi) is 4.14. The summed E-state index contributed by atoms with van der Waals surface area (Å²) in [6, 6.07) is -0.427. The molecule has 0 aliphatic rings. The monoisotopic (exact) mass is 185 g/mol. The Morgan fingerprint density at radius 3 is 1.80 bits per heavy atom. The number of aliphatic carboxylic acids is 1. The minimum absolute atomic E-state index is 0.214. The molecule has 0 saturated heterocycles. The van der Waals surface area contributed by atoms with Gasteiger partial charge in [0.05, 0.1) is 12.0 Å². The Morgan fingerprint density at radius 1 is 1.30 bits per heavy atom. The molecule has 0 aliphatic heterocycles. The van der Waals surface area contributed by atoms with Crippen LogP contribution in [0.1, 0.15) is 0 Å². The molecule has 0 aromatic rings. The average molecular weight is 186 g/mol. The van der Waals surface area contributed by atoms with E-state index in [2.05, 4.69) is 0 Å². The predicted octanol–water partition coefficient (Wildman–Crippen LogP) is 0.292. The molecule has 0 bridgehead atoms. The molecular weight excluding hydrogens is 181 g/mol. The summed E-state index contributed by atoms with van der Waals surface area (Å²) in [5.74, 6) is -2.65. The van der Waals surface area contributed by atoms with Crippen molar-refractivity contribution in [3.8, 4) is 0 Å². The summed E-state index contributed by atoms with van der Waals surface area (Å²) < 4.78 is 0. The van der Waals surface area contributed by atoms with Gasteiger partial charge in [-0.25, -0.2) is 4.79 Å². The molecule has 0 aromatic heterocycles. The van der Waals surface area contributed by atoms with Crippen LogP contribution in [-0.2, 0) is 9.59 Å². The van der Waals surface area contributed by atoms with E-state index >= 15 is 0 Å². The van der Waals surface area contributed by atoms with Gasteiger partial charge in [0.25, 0.3) is 0 Å². The molecule has 0 rings (SSSR count). The fourth-order valence-electron chi connectivity index (χ4n) is 0.276. The van der Waals surface area contributed by atoms with Crippen molar-refractivity contribution in [1.82, 2.24) is 4.90 Å². The van der Waals surface area contributed by atoms with Gasteiger partial charge in [-0.15, -0.1) is 23.2 Å². The van der Waals surface area contributed by atoms with Crippen LogP contribution < -0.4 is 0 Å². The lowest BCUT2D eigenvalue weighted by Crippen LogP contribution is -2.34. The standard InChI is InChI=1S/C4H5Cl2NO3/c5-1-7(2-6)3(8)4(9)10/h1-2H2,(H,9,10). The summed E-state index contributed by atoms with van der Waals surface area (Å²) >= 11 is 10.3. The largest absolute Gasteiger partial charge is 0.474 e. The molecule has 0 aliphatic carbocycles. The first-order chi connectivity index (χ1) is 4.63. The van der Waals surface area contributed by atoms with Crippen LogP contribution in [0.5, 0.6) is 0 Å². The summed E-state index contributed by atoms with van der Waals surface area (Å²) in [6.07, 6.45) is 0. The minimum atomic E-state index is -1.55. The highest BCUT2D eigenvalue weighted by Crippen LogP contribution is 1.94. The summed E-state index contributed by atoms with van der Waals surface area (Å²) in [7, 11) is 0. The van der Waals surface area contributed by atoms with Crippen LogP contribution in [0, 0.1) is 0 Å². The van der Waals surface area contributed by atoms with Crippen molar-refractivity contribution in [3.63, 3.8) is 0 Å². The molecule has 0 saturated carbocycles. The van der Waals surface area contributed by atoms with Gasteiger partial charge in [0.1, 0.15) is 0 Å². The Labute approximate surface area is 67.3 Å². The van der Waals surface area contributed by atoms with Crippen molar-refractivity contribution < 1.29 is 14.7 Å². The highest BCUT2D eigenvalue weighted by Gasteiger charge is 2.18. The van der Waals surface area contributed by atoms with Gasteiger partial charge in [-0.2, -0.15) is 0 Å². The van der Waals surface area contributed by atoms with Gasteiger partial charge >= 0.3 is 11.9 Å². The van der Waals surface area contributed by atoms with Gasteiger partial charge in [0.2, 0.25) is 0 Å². The van der Waals surface area contributed by atoms with E-state index in [-0.39, 0.29) is 12.0 Å². The summed E-state index contributed by atoms with van der Waals surface area (Å²) in [6.45, 7) is 0. The van der Waals surface area contributed by atoms with E-state index in [1.54, 1.807) is 0 Å². The second kappa shape index (κ2) is 4.35. The van der Waals surface area contributed by atoms with E-state index in [1.165, 1.54) is 0 Å². The van der Waals surface area contributed by atoms with Gasteiger partial charge in [-0.3, -0.25) is 4.79 Å². The molecule has 0 unspecified atom stereocenters. The number of rotatable bonds is 2. The van der Waals surface area contributed by atoms with Crippen LogP contribution in [0.3, 0.4) is 0 Å². The van der Waals surface area contributed by atoms with E-state index in [4.69, 9.17) is 28.3 Å². The number of carbonyl (C=O) groups excluding carboxylic acids is 1. The summed E-state index contributed by atoms with van der Waals surface area (Å²) in [4.78, 5) is 21.2. The number of carboxylic acids is 1. The Hall–Kier alpha value is -0.480. The molecule has 10 heavy (non-hydrogen) atoms. The lowest BCUT2D eigenvalue weighted by molar-refractivity contribution is -0.154. The Balaban J connectivity index is 4.02. The SMILES string of the molecule is O=C(O)C(=O)N(CCl)CCl. The zero-order chi connectivity index (χ0) is 8.15. The molecule has 6 heteroatoms. The first-order valence-electron chi connectivity index (χ1n) is 2.27. The number of alkyl halides is 2. The Bertz CT molecular complexity index is 145. The van der Waals surface area contributed by atoms with E-state index in [0.29, 0.717) is 0 Å². The number of nitrogens with zero attached hydrogens (tertiary/aromatic N) is 1. The number of hydrogen-bond donors (Lipinski definition) is 1. The van der Waals surface area contributed by atoms with Crippen LogP contribution in [0.2, 0.25) is 0 Å². The second-order valence-electron chi connectivity index (χ2n) is 1.39. The topological polar surface area (TPSA) is 57.6 Å². The van der Waals surface area contributed by atoms with Gasteiger partial charge < -0.3 is 10.0 Å². The van der Waals surface area contributed by atoms with Crippen LogP contribution in [0.25, 0.3) is 0 Å². The maximum atomic E-state index is 10.5. The second-order valence-corrected chi connectivity index (χ2v) is 1.87. The molecule has 0 spiro atoms. The number of amides is 1. The van der Waals surface area contributed by atoms with Crippen LogP contribution >= 0.6 is 23.2 Å². The van der Waals surface area contributed by atoms with Crippen molar-refractivity contribution in [2.45, 2.75) is 0 Å². The zero-order valence-electron chi connectivity index (χ0n) is 4.88. The highest BCUT2D eigenvalue weighted by molar-refractivity contribution is 6.34. The van der Waals surface area contributed by atoms with Crippen molar-refractivity contribution in [2.24, 2.45) is 0 Å². The van der Waals surface area contributed by atoms with Crippen molar-refractivity contribution in [1.29, 1.82) is 0 Å². The molecule has 1 N–H and O–H groups in total. The number of carbonyl (C=O) groups is 2. The lowest BCUT2D eigenvalue weighted by atomic mass is 10.6. The van der Waals surface area contributed by atoms with E-state index < -0.39 is 11.9 Å². The fourth-order valence-corrected chi connectivity index (χ4v) is 0.748. The van der Waals surface area contributed by atoms with E-state index in [9.17, 15) is 9.59 Å². The van der Waals surface area contributed by atoms with Gasteiger partial charge in [0.15, 0.2) is 0 Å². The van der Waals surface area contributed by atoms with Gasteiger partial charge in [-0.05, 0) is 0 Å². The molecule has 58 valence electrons. The molecule has 0 atom stereocenters. The minimum Gasteiger partial charge on any atom is -0.474 e.